The van der Waals surface area contributed by atoms with E-state index in [0.717, 1.165) is 36.2 Å². The van der Waals surface area contributed by atoms with Crippen molar-refractivity contribution in [3.63, 3.8) is 0 Å². The van der Waals surface area contributed by atoms with Gasteiger partial charge in [0.2, 0.25) is 0 Å². The fourth-order valence-electron chi connectivity index (χ4n) is 2.77. The molecule has 1 aromatic heterocycles. The Morgan fingerprint density at radius 1 is 1.12 bits per heavy atom. The van der Waals surface area contributed by atoms with Crippen molar-refractivity contribution in [1.82, 2.24) is 15.6 Å². The molecular formula is C20H25IN4S. The Hall–Kier alpha value is -1.67. The predicted octanol–water partition coefficient (Wildman–Crippen LogP) is 4.52. The van der Waals surface area contributed by atoms with Gasteiger partial charge in [0.15, 0.2) is 5.96 Å². The van der Waals surface area contributed by atoms with Gasteiger partial charge in [-0.1, -0.05) is 42.5 Å². The summed E-state index contributed by atoms with van der Waals surface area (Å²) in [6.07, 6.45) is 0.906. The molecule has 0 saturated heterocycles. The number of thiazole rings is 1. The van der Waals surface area contributed by atoms with Crippen LogP contribution >= 0.6 is 35.3 Å². The third-order valence-electron chi connectivity index (χ3n) is 3.97. The van der Waals surface area contributed by atoms with E-state index in [1.165, 1.54) is 16.3 Å². The summed E-state index contributed by atoms with van der Waals surface area (Å²) >= 11 is 1.70. The van der Waals surface area contributed by atoms with Crippen LogP contribution in [0, 0.1) is 6.92 Å². The average Bonchev–Trinajstić information content (AvgIpc) is 3.05. The maximum atomic E-state index is 4.75. The van der Waals surface area contributed by atoms with Crippen LogP contribution in [0.2, 0.25) is 0 Å². The number of halogens is 1. The van der Waals surface area contributed by atoms with Gasteiger partial charge >= 0.3 is 0 Å². The van der Waals surface area contributed by atoms with Crippen LogP contribution in [0.15, 0.2) is 52.8 Å². The summed E-state index contributed by atoms with van der Waals surface area (Å²) in [6, 6.07) is 14.8. The number of benzene rings is 2. The summed E-state index contributed by atoms with van der Waals surface area (Å²) in [5.41, 5.74) is 2.38. The Bertz CT molecular complexity index is 854. The number of aryl methyl sites for hydroxylation is 1. The average molecular weight is 480 g/mol. The van der Waals surface area contributed by atoms with E-state index in [2.05, 4.69) is 70.4 Å². The molecule has 2 N–H and O–H groups in total. The van der Waals surface area contributed by atoms with Gasteiger partial charge in [0.25, 0.3) is 0 Å². The molecule has 4 nitrogen and oxygen atoms in total. The summed E-state index contributed by atoms with van der Waals surface area (Å²) in [4.78, 5) is 9.25. The Morgan fingerprint density at radius 2 is 1.92 bits per heavy atom. The Kier molecular flexibility index (Phi) is 8.31. The zero-order chi connectivity index (χ0) is 17.5. The highest BCUT2D eigenvalue weighted by Crippen LogP contribution is 2.19. The van der Waals surface area contributed by atoms with Crippen LogP contribution in [0.3, 0.4) is 0 Å². The quantitative estimate of drug-likeness (QED) is 0.310. The monoisotopic (exact) mass is 480 g/mol. The normalized spacial score (nSPS) is 11.2. The third kappa shape index (κ3) is 5.67. The minimum absolute atomic E-state index is 0. The van der Waals surface area contributed by atoms with Crippen LogP contribution in [0.5, 0.6) is 0 Å². The second-order valence-electron chi connectivity index (χ2n) is 5.87. The van der Waals surface area contributed by atoms with Crippen LogP contribution in [0.25, 0.3) is 10.8 Å². The van der Waals surface area contributed by atoms with Crippen molar-refractivity contribution >= 4 is 52.0 Å². The molecule has 0 saturated carbocycles. The molecule has 0 atom stereocenters. The number of rotatable bonds is 6. The lowest BCUT2D eigenvalue weighted by Crippen LogP contribution is -2.38. The van der Waals surface area contributed by atoms with Gasteiger partial charge in [0.1, 0.15) is 0 Å². The molecule has 2 aromatic carbocycles. The van der Waals surface area contributed by atoms with Crippen molar-refractivity contribution in [2.45, 2.75) is 26.8 Å². The lowest BCUT2D eigenvalue weighted by atomic mass is 10.1. The van der Waals surface area contributed by atoms with Crippen LogP contribution < -0.4 is 10.6 Å². The second-order valence-corrected chi connectivity index (χ2v) is 6.93. The number of aliphatic imine (C=N–C) groups is 1. The molecule has 3 rings (SSSR count). The molecular weight excluding hydrogens is 455 g/mol. The zero-order valence-corrected chi connectivity index (χ0v) is 18.3. The minimum atomic E-state index is 0. The van der Waals surface area contributed by atoms with Gasteiger partial charge < -0.3 is 10.6 Å². The topological polar surface area (TPSA) is 49.3 Å². The van der Waals surface area contributed by atoms with Crippen LogP contribution in [-0.2, 0) is 13.0 Å². The van der Waals surface area contributed by atoms with E-state index in [1.807, 2.05) is 6.92 Å². The third-order valence-corrected chi connectivity index (χ3v) is 4.79. The summed E-state index contributed by atoms with van der Waals surface area (Å²) < 4.78 is 0. The Balaban J connectivity index is 0.00000243. The van der Waals surface area contributed by atoms with Crippen molar-refractivity contribution in [3.8, 4) is 0 Å². The van der Waals surface area contributed by atoms with E-state index >= 15 is 0 Å². The van der Waals surface area contributed by atoms with E-state index in [0.29, 0.717) is 6.54 Å². The standard InChI is InChI=1S/C20H24N4S.HI/c1-3-21-20(22-12-11-18-14-25-15(2)24-18)23-13-17-9-6-8-16-7-4-5-10-19(16)17;/h4-10,14H,3,11-13H2,1-2H3,(H2,21,22,23);1H. The number of hydrogen-bond acceptors (Lipinski definition) is 3. The first-order chi connectivity index (χ1) is 12.3. The van der Waals surface area contributed by atoms with Crippen molar-refractivity contribution in [1.29, 1.82) is 0 Å². The fourth-order valence-corrected chi connectivity index (χ4v) is 3.42. The molecule has 0 aliphatic rings. The summed E-state index contributed by atoms with van der Waals surface area (Å²) in [5.74, 6) is 0.849. The molecule has 0 unspecified atom stereocenters. The van der Waals surface area contributed by atoms with Crippen molar-refractivity contribution in [2.75, 3.05) is 13.1 Å². The molecule has 0 amide bonds. The first-order valence-corrected chi connectivity index (χ1v) is 9.54. The summed E-state index contributed by atoms with van der Waals surface area (Å²) in [7, 11) is 0. The van der Waals surface area contributed by atoms with Gasteiger partial charge in [0.05, 0.1) is 17.2 Å². The molecule has 0 radical (unpaired) electrons. The molecule has 0 aliphatic heterocycles. The van der Waals surface area contributed by atoms with Crippen molar-refractivity contribution in [3.05, 3.63) is 64.1 Å². The summed E-state index contributed by atoms with van der Waals surface area (Å²) in [5, 5.41) is 12.5. The molecule has 138 valence electrons. The van der Waals surface area contributed by atoms with E-state index < -0.39 is 0 Å². The zero-order valence-electron chi connectivity index (χ0n) is 15.2. The van der Waals surface area contributed by atoms with Gasteiger partial charge in [-0.2, -0.15) is 0 Å². The Labute approximate surface area is 176 Å². The maximum Gasteiger partial charge on any atom is 0.191 e. The number of nitrogens with zero attached hydrogens (tertiary/aromatic N) is 2. The predicted molar refractivity (Wildman–Crippen MR) is 123 cm³/mol. The smallest absolute Gasteiger partial charge is 0.191 e. The van der Waals surface area contributed by atoms with Gasteiger partial charge in [-0.15, -0.1) is 35.3 Å². The number of guanidine groups is 1. The number of fused-ring (bicyclic) bond motifs is 1. The van der Waals surface area contributed by atoms with Gasteiger partial charge in [-0.25, -0.2) is 9.98 Å². The molecule has 1 heterocycles. The van der Waals surface area contributed by atoms with Gasteiger partial charge in [0, 0.05) is 24.9 Å². The number of aromatic nitrogens is 1. The minimum Gasteiger partial charge on any atom is -0.357 e. The lowest BCUT2D eigenvalue weighted by molar-refractivity contribution is 0.790. The molecule has 0 bridgehead atoms. The molecule has 0 aliphatic carbocycles. The second kappa shape index (κ2) is 10.5. The highest BCUT2D eigenvalue weighted by Gasteiger charge is 2.03. The fraction of sp³-hybridized carbons (Fsp3) is 0.300. The first-order valence-electron chi connectivity index (χ1n) is 8.66. The van der Waals surface area contributed by atoms with E-state index in [4.69, 9.17) is 4.99 Å². The van der Waals surface area contributed by atoms with Crippen LogP contribution in [0.4, 0.5) is 0 Å². The number of nitrogens with one attached hydrogen (secondary N) is 2. The highest BCUT2D eigenvalue weighted by atomic mass is 127. The van der Waals surface area contributed by atoms with E-state index in [9.17, 15) is 0 Å². The van der Waals surface area contributed by atoms with Crippen LogP contribution in [-0.4, -0.2) is 24.0 Å². The lowest BCUT2D eigenvalue weighted by Gasteiger charge is -2.11. The molecule has 3 aromatic rings. The molecule has 26 heavy (non-hydrogen) atoms. The molecule has 6 heteroatoms. The van der Waals surface area contributed by atoms with Gasteiger partial charge in [-0.3, -0.25) is 0 Å². The molecule has 0 spiro atoms. The first kappa shape index (κ1) is 20.6. The van der Waals surface area contributed by atoms with Gasteiger partial charge in [-0.05, 0) is 30.2 Å². The van der Waals surface area contributed by atoms with Crippen LogP contribution in [0.1, 0.15) is 23.2 Å². The number of hydrogen-bond donors (Lipinski definition) is 2. The SMILES string of the molecule is CCNC(=NCc1cccc2ccccc12)NCCc1csc(C)n1.I. The highest BCUT2D eigenvalue weighted by molar-refractivity contribution is 14.0. The summed E-state index contributed by atoms with van der Waals surface area (Å²) in [6.45, 7) is 6.45. The van der Waals surface area contributed by atoms with E-state index in [-0.39, 0.29) is 24.0 Å². The largest absolute Gasteiger partial charge is 0.357 e. The van der Waals surface area contributed by atoms with Crippen molar-refractivity contribution in [2.24, 2.45) is 4.99 Å². The van der Waals surface area contributed by atoms with Crippen molar-refractivity contribution < 1.29 is 0 Å². The maximum absolute atomic E-state index is 4.75. The molecule has 0 fully saturated rings. The Morgan fingerprint density at radius 3 is 2.69 bits per heavy atom. The van der Waals surface area contributed by atoms with E-state index in [1.54, 1.807) is 11.3 Å².